The molecule has 0 unspecified atom stereocenters. The van der Waals surface area contributed by atoms with Crippen molar-refractivity contribution in [1.82, 2.24) is 0 Å². The number of thiophene rings is 2. The van der Waals surface area contributed by atoms with Crippen LogP contribution in [0.1, 0.15) is 115 Å². The molecule has 0 atom stereocenters. The average molecular weight is 513 g/mol. The Hall–Kier alpha value is -2.26. The van der Waals surface area contributed by atoms with Gasteiger partial charge in [0.25, 0.3) is 0 Å². The maximum absolute atomic E-state index is 3.41. The highest BCUT2D eigenvalue weighted by atomic mass is 32.1. The third-order valence-corrected chi connectivity index (χ3v) is 9.36. The van der Waals surface area contributed by atoms with Crippen LogP contribution in [0.25, 0.3) is 29.6 Å². The van der Waals surface area contributed by atoms with Crippen LogP contribution < -0.4 is 0 Å². The molecule has 0 aliphatic carbocycles. The van der Waals surface area contributed by atoms with Crippen molar-refractivity contribution in [3.8, 4) is 23.7 Å². The standard InChI is InChI=1S/C34H40S2/c1-3-5-7-9-11-13-15-17-19-27-21-23-29-31(25-27)35-34-30-24-22-28(26-32(30)36-33(29)34)20-18-16-14-12-10-8-6-4-2/h21-26H,3-16H2,1-2H3. The van der Waals surface area contributed by atoms with Crippen molar-refractivity contribution in [3.05, 3.63) is 47.5 Å². The van der Waals surface area contributed by atoms with Crippen molar-refractivity contribution in [2.75, 3.05) is 0 Å². The van der Waals surface area contributed by atoms with Gasteiger partial charge in [-0.25, -0.2) is 0 Å². The molecule has 4 rings (SSSR count). The lowest BCUT2D eigenvalue weighted by Crippen LogP contribution is -1.78. The van der Waals surface area contributed by atoms with E-state index >= 15 is 0 Å². The van der Waals surface area contributed by atoms with Crippen LogP contribution in [-0.2, 0) is 0 Å². The van der Waals surface area contributed by atoms with Gasteiger partial charge in [0, 0.05) is 44.1 Å². The maximum Gasteiger partial charge on any atom is 0.0542 e. The Kier molecular flexibility index (Phi) is 10.8. The second-order valence-electron chi connectivity index (χ2n) is 9.92. The molecule has 0 saturated carbocycles. The summed E-state index contributed by atoms with van der Waals surface area (Å²) in [6, 6.07) is 13.5. The van der Waals surface area contributed by atoms with Gasteiger partial charge in [-0.3, -0.25) is 0 Å². The van der Waals surface area contributed by atoms with Crippen molar-refractivity contribution in [3.63, 3.8) is 0 Å². The van der Waals surface area contributed by atoms with E-state index in [1.165, 1.54) is 107 Å². The van der Waals surface area contributed by atoms with E-state index in [2.05, 4.69) is 73.9 Å². The molecule has 0 N–H and O–H groups in total. The predicted octanol–water partition coefficient (Wildman–Crippen LogP) is 11.5. The molecule has 36 heavy (non-hydrogen) atoms. The zero-order valence-corrected chi connectivity index (χ0v) is 23.8. The Bertz CT molecular complexity index is 1270. The van der Waals surface area contributed by atoms with Crippen LogP contribution in [0.2, 0.25) is 0 Å². The van der Waals surface area contributed by atoms with Gasteiger partial charge in [0.2, 0.25) is 0 Å². The van der Waals surface area contributed by atoms with E-state index in [4.69, 9.17) is 0 Å². The van der Waals surface area contributed by atoms with E-state index in [1.54, 1.807) is 0 Å². The third-order valence-electron chi connectivity index (χ3n) is 6.86. The average Bonchev–Trinajstić information content (AvgIpc) is 3.42. The summed E-state index contributed by atoms with van der Waals surface area (Å²) in [4.78, 5) is 0. The van der Waals surface area contributed by atoms with E-state index in [-0.39, 0.29) is 0 Å². The fourth-order valence-electron chi connectivity index (χ4n) is 4.73. The lowest BCUT2D eigenvalue weighted by molar-refractivity contribution is 0.614. The molecule has 0 fully saturated rings. The summed E-state index contributed by atoms with van der Waals surface area (Å²) in [6.45, 7) is 4.54. The first-order chi connectivity index (χ1) is 17.8. The quantitative estimate of drug-likeness (QED) is 0.131. The molecule has 0 bridgehead atoms. The van der Waals surface area contributed by atoms with Gasteiger partial charge in [-0.1, -0.05) is 114 Å². The molecule has 0 aliphatic rings. The normalized spacial score (nSPS) is 11.1. The SMILES string of the molecule is CCCCCCCCC#Cc1ccc2c(c1)sc1c3ccc(C#CCCCCCCCC)cc3sc21. The second kappa shape index (κ2) is 14.5. The van der Waals surface area contributed by atoms with Crippen LogP contribution in [0, 0.1) is 23.7 Å². The Balaban J connectivity index is 1.38. The van der Waals surface area contributed by atoms with Crippen molar-refractivity contribution < 1.29 is 0 Å². The fourth-order valence-corrected chi connectivity index (χ4v) is 7.46. The number of rotatable bonds is 12. The lowest BCUT2D eigenvalue weighted by Gasteiger charge is -1.97. The molecule has 4 aromatic rings. The van der Waals surface area contributed by atoms with Gasteiger partial charge in [-0.2, -0.15) is 0 Å². The van der Waals surface area contributed by atoms with Crippen molar-refractivity contribution in [2.45, 2.75) is 104 Å². The lowest BCUT2D eigenvalue weighted by atomic mass is 10.1. The molecule has 0 radical (unpaired) electrons. The molecule has 0 saturated heterocycles. The Morgan fingerprint density at radius 2 is 0.944 bits per heavy atom. The highest BCUT2D eigenvalue weighted by Gasteiger charge is 2.12. The van der Waals surface area contributed by atoms with Crippen LogP contribution in [0.15, 0.2) is 36.4 Å². The summed E-state index contributed by atoms with van der Waals surface area (Å²) in [6.07, 6.45) is 17.9. The first-order valence-electron chi connectivity index (χ1n) is 14.2. The molecular weight excluding hydrogens is 473 g/mol. The Labute approximate surface area is 226 Å². The summed E-state index contributed by atoms with van der Waals surface area (Å²) in [5.41, 5.74) is 2.30. The molecule has 2 heterocycles. The highest BCUT2D eigenvalue weighted by Crippen LogP contribution is 2.44. The van der Waals surface area contributed by atoms with E-state index in [0.29, 0.717) is 0 Å². The van der Waals surface area contributed by atoms with Gasteiger partial charge in [0.1, 0.15) is 0 Å². The van der Waals surface area contributed by atoms with Crippen LogP contribution in [0.5, 0.6) is 0 Å². The molecule has 2 aromatic carbocycles. The van der Waals surface area contributed by atoms with E-state index in [9.17, 15) is 0 Å². The van der Waals surface area contributed by atoms with Gasteiger partial charge in [-0.05, 0) is 37.1 Å². The van der Waals surface area contributed by atoms with E-state index in [1.807, 2.05) is 22.7 Å². The molecule has 0 nitrogen and oxygen atoms in total. The molecule has 0 amide bonds. The van der Waals surface area contributed by atoms with Crippen LogP contribution >= 0.6 is 22.7 Å². The summed E-state index contributed by atoms with van der Waals surface area (Å²) in [5.74, 6) is 13.6. The largest absolute Gasteiger partial charge is 0.134 e. The van der Waals surface area contributed by atoms with Gasteiger partial charge in [0.05, 0.1) is 9.40 Å². The summed E-state index contributed by atoms with van der Waals surface area (Å²) in [7, 11) is 0. The van der Waals surface area contributed by atoms with Gasteiger partial charge in [-0.15, -0.1) is 22.7 Å². The first kappa shape index (κ1) is 26.8. The predicted molar refractivity (Wildman–Crippen MR) is 164 cm³/mol. The minimum Gasteiger partial charge on any atom is -0.134 e. The number of hydrogen-bond acceptors (Lipinski definition) is 2. The van der Waals surface area contributed by atoms with Gasteiger partial charge >= 0.3 is 0 Å². The van der Waals surface area contributed by atoms with Crippen LogP contribution in [0.3, 0.4) is 0 Å². The van der Waals surface area contributed by atoms with Crippen LogP contribution in [-0.4, -0.2) is 0 Å². The molecule has 2 heteroatoms. The van der Waals surface area contributed by atoms with Crippen molar-refractivity contribution >= 4 is 52.2 Å². The topological polar surface area (TPSA) is 0 Å². The maximum atomic E-state index is 3.41. The molecule has 2 aromatic heterocycles. The van der Waals surface area contributed by atoms with E-state index in [0.717, 1.165) is 24.0 Å². The number of hydrogen-bond donors (Lipinski definition) is 0. The van der Waals surface area contributed by atoms with Gasteiger partial charge < -0.3 is 0 Å². The Morgan fingerprint density at radius 3 is 1.39 bits per heavy atom. The third kappa shape index (κ3) is 7.38. The monoisotopic (exact) mass is 512 g/mol. The zero-order chi connectivity index (χ0) is 25.0. The van der Waals surface area contributed by atoms with E-state index < -0.39 is 0 Å². The molecule has 0 spiro atoms. The van der Waals surface area contributed by atoms with Crippen LogP contribution in [0.4, 0.5) is 0 Å². The van der Waals surface area contributed by atoms with Crippen molar-refractivity contribution in [2.24, 2.45) is 0 Å². The minimum absolute atomic E-state index is 1.01. The summed E-state index contributed by atoms with van der Waals surface area (Å²) < 4.78 is 5.53. The van der Waals surface area contributed by atoms with Gasteiger partial charge in [0.15, 0.2) is 0 Å². The number of unbranched alkanes of at least 4 members (excludes halogenated alkanes) is 12. The molecular formula is C34H40S2. The molecule has 188 valence electrons. The smallest absolute Gasteiger partial charge is 0.0542 e. The summed E-state index contributed by atoms with van der Waals surface area (Å²) in [5, 5.41) is 2.74. The summed E-state index contributed by atoms with van der Waals surface area (Å²) >= 11 is 3.82. The zero-order valence-electron chi connectivity index (χ0n) is 22.2. The molecule has 0 aliphatic heterocycles. The fraction of sp³-hybridized carbons (Fsp3) is 0.471. The second-order valence-corrected chi connectivity index (χ2v) is 12.0. The van der Waals surface area contributed by atoms with Crippen molar-refractivity contribution in [1.29, 1.82) is 0 Å². The first-order valence-corrected chi connectivity index (χ1v) is 15.8. The minimum atomic E-state index is 1.01. The Morgan fingerprint density at radius 1 is 0.528 bits per heavy atom. The number of fused-ring (bicyclic) bond motifs is 5. The highest BCUT2D eigenvalue weighted by molar-refractivity contribution is 7.36. The number of benzene rings is 2.